The maximum absolute atomic E-state index is 5.95. The van der Waals surface area contributed by atoms with Crippen LogP contribution in [0.2, 0.25) is 0 Å². The van der Waals surface area contributed by atoms with Crippen molar-refractivity contribution in [3.63, 3.8) is 0 Å². The first-order valence-electron chi connectivity index (χ1n) is 7.35. The molecule has 2 nitrogen and oxygen atoms in total. The van der Waals surface area contributed by atoms with Gasteiger partial charge in [0.1, 0.15) is 5.82 Å². The number of aromatic nitrogens is 2. The SMILES string of the molecule is CC(Cc1ccccc1)n1c(CCCl)nc2ccccc21. The van der Waals surface area contributed by atoms with Crippen LogP contribution in [0, 0.1) is 0 Å². The van der Waals surface area contributed by atoms with E-state index in [-0.39, 0.29) is 0 Å². The average Bonchev–Trinajstić information content (AvgIpc) is 2.86. The first-order valence-corrected chi connectivity index (χ1v) is 7.89. The number of aryl methyl sites for hydroxylation is 1. The van der Waals surface area contributed by atoms with Crippen LogP contribution in [0.25, 0.3) is 11.0 Å². The fraction of sp³-hybridized carbons (Fsp3) is 0.278. The zero-order chi connectivity index (χ0) is 14.7. The lowest BCUT2D eigenvalue weighted by Gasteiger charge is -2.17. The monoisotopic (exact) mass is 298 g/mol. The number of rotatable bonds is 5. The number of fused-ring (bicyclic) bond motifs is 1. The Hall–Kier alpha value is -1.80. The van der Waals surface area contributed by atoms with Gasteiger partial charge in [0.2, 0.25) is 0 Å². The molecule has 0 bridgehead atoms. The minimum Gasteiger partial charge on any atom is -0.325 e. The highest BCUT2D eigenvalue weighted by molar-refractivity contribution is 6.17. The molecule has 0 saturated heterocycles. The van der Waals surface area contributed by atoms with Crippen LogP contribution in [0.15, 0.2) is 54.6 Å². The molecule has 3 rings (SSSR count). The van der Waals surface area contributed by atoms with Crippen LogP contribution in [-0.4, -0.2) is 15.4 Å². The van der Waals surface area contributed by atoms with E-state index in [0.717, 1.165) is 24.2 Å². The van der Waals surface area contributed by atoms with Gasteiger partial charge in [-0.05, 0) is 31.0 Å². The van der Waals surface area contributed by atoms with E-state index in [0.29, 0.717) is 11.9 Å². The Morgan fingerprint density at radius 2 is 1.76 bits per heavy atom. The van der Waals surface area contributed by atoms with Crippen molar-refractivity contribution in [2.45, 2.75) is 25.8 Å². The van der Waals surface area contributed by atoms with Crippen molar-refractivity contribution in [2.75, 3.05) is 5.88 Å². The number of imidazole rings is 1. The Labute approximate surface area is 130 Å². The molecule has 21 heavy (non-hydrogen) atoms. The second-order valence-corrected chi connectivity index (χ2v) is 5.74. The van der Waals surface area contributed by atoms with Crippen molar-refractivity contribution in [1.29, 1.82) is 0 Å². The predicted octanol–water partition coefficient (Wildman–Crippen LogP) is 4.62. The molecule has 0 amide bonds. The molecule has 1 unspecified atom stereocenters. The Morgan fingerprint density at radius 1 is 1.05 bits per heavy atom. The molecule has 1 heterocycles. The lowest BCUT2D eigenvalue weighted by atomic mass is 10.1. The van der Waals surface area contributed by atoms with Crippen molar-refractivity contribution in [3.05, 3.63) is 66.0 Å². The molecule has 0 aliphatic rings. The quantitative estimate of drug-likeness (QED) is 0.628. The minimum atomic E-state index is 0.359. The number of hydrogen-bond donors (Lipinski definition) is 0. The number of nitrogens with zero attached hydrogens (tertiary/aromatic N) is 2. The van der Waals surface area contributed by atoms with Crippen molar-refractivity contribution < 1.29 is 0 Å². The van der Waals surface area contributed by atoms with Crippen LogP contribution in [0.4, 0.5) is 0 Å². The summed E-state index contributed by atoms with van der Waals surface area (Å²) in [6.07, 6.45) is 1.80. The molecule has 1 atom stereocenters. The molecule has 0 saturated carbocycles. The van der Waals surface area contributed by atoms with Crippen LogP contribution in [0.5, 0.6) is 0 Å². The number of alkyl halides is 1. The molecule has 0 spiro atoms. The van der Waals surface area contributed by atoms with Crippen molar-refractivity contribution in [3.8, 4) is 0 Å². The van der Waals surface area contributed by atoms with Crippen molar-refractivity contribution in [1.82, 2.24) is 9.55 Å². The standard InChI is InChI=1S/C18H19ClN2/c1-14(13-15-7-3-2-4-8-15)21-17-10-6-5-9-16(17)20-18(21)11-12-19/h2-10,14H,11-13H2,1H3. The van der Waals surface area contributed by atoms with Crippen LogP contribution >= 0.6 is 11.6 Å². The molecule has 3 heteroatoms. The summed E-state index contributed by atoms with van der Waals surface area (Å²) in [7, 11) is 0. The molecule has 0 aliphatic heterocycles. The molecule has 0 radical (unpaired) electrons. The van der Waals surface area contributed by atoms with Crippen LogP contribution in [0.1, 0.15) is 24.4 Å². The summed E-state index contributed by atoms with van der Waals surface area (Å²) >= 11 is 5.95. The smallest absolute Gasteiger partial charge is 0.111 e. The molecule has 0 aliphatic carbocycles. The number of hydrogen-bond acceptors (Lipinski definition) is 1. The average molecular weight is 299 g/mol. The molecule has 2 aromatic carbocycles. The molecular formula is C18H19ClN2. The highest BCUT2D eigenvalue weighted by Crippen LogP contribution is 2.24. The summed E-state index contributed by atoms with van der Waals surface area (Å²) in [6.45, 7) is 2.25. The van der Waals surface area contributed by atoms with E-state index in [9.17, 15) is 0 Å². The first-order chi connectivity index (χ1) is 10.3. The van der Waals surface area contributed by atoms with E-state index in [4.69, 9.17) is 16.6 Å². The second-order valence-electron chi connectivity index (χ2n) is 5.36. The van der Waals surface area contributed by atoms with Gasteiger partial charge < -0.3 is 4.57 Å². The van der Waals surface area contributed by atoms with E-state index in [1.165, 1.54) is 11.1 Å². The van der Waals surface area contributed by atoms with Gasteiger partial charge in [0.05, 0.1) is 11.0 Å². The third-order valence-corrected chi connectivity index (χ3v) is 3.99. The summed E-state index contributed by atoms with van der Waals surface area (Å²) in [5.74, 6) is 1.68. The summed E-state index contributed by atoms with van der Waals surface area (Å²) in [4.78, 5) is 4.74. The molecule has 0 fully saturated rings. The third-order valence-electron chi connectivity index (χ3n) is 3.80. The van der Waals surface area contributed by atoms with Gasteiger partial charge in [-0.2, -0.15) is 0 Å². The highest BCUT2D eigenvalue weighted by Gasteiger charge is 2.15. The zero-order valence-electron chi connectivity index (χ0n) is 12.2. The summed E-state index contributed by atoms with van der Waals surface area (Å²) < 4.78 is 2.34. The summed E-state index contributed by atoms with van der Waals surface area (Å²) in [5, 5.41) is 0. The number of para-hydroxylation sites is 2. The van der Waals surface area contributed by atoms with Gasteiger partial charge in [0.15, 0.2) is 0 Å². The molecule has 3 aromatic rings. The molecule has 108 valence electrons. The lowest BCUT2D eigenvalue weighted by Crippen LogP contribution is -2.12. The molecular weight excluding hydrogens is 280 g/mol. The summed E-state index contributed by atoms with van der Waals surface area (Å²) in [6, 6.07) is 19.3. The lowest BCUT2D eigenvalue weighted by molar-refractivity contribution is 0.537. The zero-order valence-corrected chi connectivity index (χ0v) is 12.9. The maximum Gasteiger partial charge on any atom is 0.111 e. The Balaban J connectivity index is 1.99. The number of halogens is 1. The van der Waals surface area contributed by atoms with Crippen molar-refractivity contribution >= 4 is 22.6 Å². The van der Waals surface area contributed by atoms with Gasteiger partial charge in [-0.3, -0.25) is 0 Å². The first kappa shape index (κ1) is 14.2. The van der Waals surface area contributed by atoms with Crippen LogP contribution < -0.4 is 0 Å². The van der Waals surface area contributed by atoms with E-state index in [1.807, 2.05) is 6.07 Å². The van der Waals surface area contributed by atoms with Crippen LogP contribution in [0.3, 0.4) is 0 Å². The van der Waals surface area contributed by atoms with Gasteiger partial charge >= 0.3 is 0 Å². The Bertz CT molecular complexity index is 718. The number of benzene rings is 2. The summed E-state index contributed by atoms with van der Waals surface area (Å²) in [5.41, 5.74) is 3.60. The van der Waals surface area contributed by atoms with E-state index in [2.05, 4.69) is 60.0 Å². The fourth-order valence-electron chi connectivity index (χ4n) is 2.89. The van der Waals surface area contributed by atoms with Gasteiger partial charge in [-0.15, -0.1) is 11.6 Å². The third kappa shape index (κ3) is 2.96. The van der Waals surface area contributed by atoms with E-state index >= 15 is 0 Å². The topological polar surface area (TPSA) is 17.8 Å². The maximum atomic E-state index is 5.95. The fourth-order valence-corrected chi connectivity index (χ4v) is 3.06. The highest BCUT2D eigenvalue weighted by atomic mass is 35.5. The van der Waals surface area contributed by atoms with Crippen molar-refractivity contribution in [2.24, 2.45) is 0 Å². The largest absolute Gasteiger partial charge is 0.325 e. The minimum absolute atomic E-state index is 0.359. The van der Waals surface area contributed by atoms with Gasteiger partial charge in [-0.1, -0.05) is 42.5 Å². The normalized spacial score (nSPS) is 12.7. The van der Waals surface area contributed by atoms with Gasteiger partial charge in [0, 0.05) is 18.3 Å². The predicted molar refractivity (Wildman–Crippen MR) is 89.0 cm³/mol. The molecule has 0 N–H and O–H groups in total. The molecule has 1 aromatic heterocycles. The van der Waals surface area contributed by atoms with Gasteiger partial charge in [0.25, 0.3) is 0 Å². The van der Waals surface area contributed by atoms with E-state index < -0.39 is 0 Å². The van der Waals surface area contributed by atoms with Gasteiger partial charge in [-0.25, -0.2) is 4.98 Å². The Morgan fingerprint density at radius 3 is 2.52 bits per heavy atom. The Kier molecular flexibility index (Phi) is 4.26. The van der Waals surface area contributed by atoms with Crippen LogP contribution in [-0.2, 0) is 12.8 Å². The second kappa shape index (κ2) is 6.31. The van der Waals surface area contributed by atoms with E-state index in [1.54, 1.807) is 0 Å².